The summed E-state index contributed by atoms with van der Waals surface area (Å²) in [6, 6.07) is 14.8. The van der Waals surface area contributed by atoms with Gasteiger partial charge in [0.25, 0.3) is 0 Å². The maximum absolute atomic E-state index is 14.3. The minimum Gasteiger partial charge on any atom is -0.443 e. The molecule has 7 rings (SSSR count). The Morgan fingerprint density at radius 1 is 1.08 bits per heavy atom. The standard InChI is InChI=1S/C39H55N5O7S2/c1-26(2)23-44(24-34(45)33(21-27-9-5-4-6-10-27)42-38(46)51-35-25-50-39(3)31(35)17-20-49-39)53(47,48)30-13-14-32-36(22-30)52-37(41-32)40-28-15-18-43(19-16-28)29-11-7-8-12-29/h4-6,9-10,13-14,22,26,28-29,31,33-35,45H,7-8,11-12,15-21,23-25H2,1-3H3,(H,40,41)(H,42,46)/t31-,33-,34+,35+,39+/m0/s1. The first kappa shape index (κ1) is 38.4. The topological polar surface area (TPSA) is 143 Å². The second kappa shape index (κ2) is 16.5. The van der Waals surface area contributed by atoms with Crippen LogP contribution >= 0.6 is 11.3 Å². The van der Waals surface area contributed by atoms with Gasteiger partial charge in [-0.2, -0.15) is 4.31 Å². The molecule has 4 heterocycles. The lowest BCUT2D eigenvalue weighted by Crippen LogP contribution is -2.51. The number of amides is 1. The maximum atomic E-state index is 14.3. The zero-order valence-electron chi connectivity index (χ0n) is 31.1. The minimum absolute atomic E-state index is 0.0178. The first-order chi connectivity index (χ1) is 25.5. The fourth-order valence-electron chi connectivity index (χ4n) is 8.53. The van der Waals surface area contributed by atoms with Crippen molar-refractivity contribution in [1.29, 1.82) is 0 Å². The first-order valence-corrected chi connectivity index (χ1v) is 21.6. The molecule has 3 N–H and O–H groups in total. The largest absolute Gasteiger partial charge is 0.443 e. The number of alkyl carbamates (subject to hydrolysis) is 1. The number of rotatable bonds is 14. The summed E-state index contributed by atoms with van der Waals surface area (Å²) in [6.07, 6.45) is 6.06. The van der Waals surface area contributed by atoms with Crippen LogP contribution in [0.2, 0.25) is 0 Å². The molecule has 1 saturated carbocycles. The molecule has 12 nitrogen and oxygen atoms in total. The van der Waals surface area contributed by atoms with Crippen LogP contribution in [-0.2, 0) is 30.7 Å². The van der Waals surface area contributed by atoms with Crippen molar-refractivity contribution in [3.8, 4) is 0 Å². The number of aromatic nitrogens is 1. The normalized spacial score (nSPS) is 25.6. The number of aliphatic hydroxyl groups is 1. The molecule has 53 heavy (non-hydrogen) atoms. The molecule has 5 atom stereocenters. The van der Waals surface area contributed by atoms with Crippen LogP contribution in [0.4, 0.5) is 9.93 Å². The summed E-state index contributed by atoms with van der Waals surface area (Å²) in [5.41, 5.74) is 1.63. The highest BCUT2D eigenvalue weighted by molar-refractivity contribution is 7.89. The van der Waals surface area contributed by atoms with Gasteiger partial charge in [0.15, 0.2) is 10.9 Å². The molecular weight excluding hydrogens is 715 g/mol. The van der Waals surface area contributed by atoms with Crippen LogP contribution < -0.4 is 10.6 Å². The van der Waals surface area contributed by atoms with Gasteiger partial charge in [0.2, 0.25) is 10.0 Å². The summed E-state index contributed by atoms with van der Waals surface area (Å²) in [7, 11) is -4.03. The van der Waals surface area contributed by atoms with Crippen molar-refractivity contribution in [3.63, 3.8) is 0 Å². The van der Waals surface area contributed by atoms with E-state index in [9.17, 15) is 18.3 Å². The Bertz CT molecular complexity index is 1800. The van der Waals surface area contributed by atoms with Gasteiger partial charge in [0.05, 0.1) is 46.4 Å². The number of sulfonamides is 1. The Kier molecular flexibility index (Phi) is 11.9. The Hall–Kier alpha value is -2.85. The fraction of sp³-hybridized carbons (Fsp3) is 0.641. The van der Waals surface area contributed by atoms with Crippen molar-refractivity contribution < 1.29 is 32.5 Å². The van der Waals surface area contributed by atoms with Crippen LogP contribution in [0.3, 0.4) is 0 Å². The van der Waals surface area contributed by atoms with Crippen LogP contribution in [0, 0.1) is 11.8 Å². The van der Waals surface area contributed by atoms with Crippen molar-refractivity contribution in [2.24, 2.45) is 11.8 Å². The molecule has 1 aliphatic carbocycles. The zero-order valence-corrected chi connectivity index (χ0v) is 32.7. The Balaban J connectivity index is 1.04. The molecular formula is C39H55N5O7S2. The van der Waals surface area contributed by atoms with Crippen molar-refractivity contribution in [2.45, 2.75) is 113 Å². The molecule has 1 amide bonds. The molecule has 3 aromatic rings. The third-order valence-corrected chi connectivity index (χ3v) is 14.2. The van der Waals surface area contributed by atoms with Gasteiger partial charge >= 0.3 is 6.09 Å². The SMILES string of the molecule is CC(C)CN(C[C@@H](O)[C@H](Cc1ccccc1)NC(=O)O[C@@H]1CO[C@@]2(C)OCC[C@@H]12)S(=O)(=O)c1ccc2nc(NC3CCN(C4CCCC4)CC3)sc2c1. The maximum Gasteiger partial charge on any atom is 0.407 e. The van der Waals surface area contributed by atoms with E-state index in [4.69, 9.17) is 19.2 Å². The number of anilines is 1. The molecule has 14 heteroatoms. The van der Waals surface area contributed by atoms with E-state index >= 15 is 0 Å². The molecule has 0 spiro atoms. The number of carbonyl (C=O) groups excluding carboxylic acids is 1. The minimum atomic E-state index is -4.03. The van der Waals surface area contributed by atoms with Crippen molar-refractivity contribution in [3.05, 3.63) is 54.1 Å². The van der Waals surface area contributed by atoms with Gasteiger partial charge in [-0.15, -0.1) is 0 Å². The number of hydrogen-bond acceptors (Lipinski definition) is 11. The Morgan fingerprint density at radius 2 is 1.83 bits per heavy atom. The summed E-state index contributed by atoms with van der Waals surface area (Å²) in [6.45, 7) is 8.68. The van der Waals surface area contributed by atoms with Gasteiger partial charge in [-0.3, -0.25) is 0 Å². The monoisotopic (exact) mass is 769 g/mol. The highest BCUT2D eigenvalue weighted by atomic mass is 32.2. The average Bonchev–Trinajstić information content (AvgIpc) is 3.94. The van der Waals surface area contributed by atoms with Crippen LogP contribution in [-0.4, -0.2) is 109 Å². The van der Waals surface area contributed by atoms with Gasteiger partial charge in [-0.05, 0) is 75.1 Å². The fourth-order valence-corrected chi connectivity index (χ4v) is 11.2. The molecule has 0 unspecified atom stereocenters. The highest BCUT2D eigenvalue weighted by Gasteiger charge is 2.53. The van der Waals surface area contributed by atoms with E-state index in [0.29, 0.717) is 12.6 Å². The van der Waals surface area contributed by atoms with Gasteiger partial charge in [0, 0.05) is 38.3 Å². The number of thiazole rings is 1. The third-order valence-electron chi connectivity index (χ3n) is 11.5. The molecule has 4 aliphatic rings. The Morgan fingerprint density at radius 3 is 2.57 bits per heavy atom. The highest BCUT2D eigenvalue weighted by Crippen LogP contribution is 2.42. The average molecular weight is 770 g/mol. The van der Waals surface area contributed by atoms with Crippen molar-refractivity contribution >= 4 is 42.8 Å². The number of benzene rings is 2. The predicted molar refractivity (Wildman–Crippen MR) is 205 cm³/mol. The predicted octanol–water partition coefficient (Wildman–Crippen LogP) is 5.61. The third kappa shape index (κ3) is 9.01. The van der Waals surface area contributed by atoms with Gasteiger partial charge < -0.3 is 34.9 Å². The Labute approximate surface area is 317 Å². The van der Waals surface area contributed by atoms with Crippen molar-refractivity contribution in [1.82, 2.24) is 19.5 Å². The number of nitrogens with zero attached hydrogens (tertiary/aromatic N) is 3. The lowest BCUT2D eigenvalue weighted by molar-refractivity contribution is -0.181. The van der Waals surface area contributed by atoms with Gasteiger partial charge in [-0.1, -0.05) is 68.4 Å². The molecule has 1 aromatic heterocycles. The van der Waals surface area contributed by atoms with E-state index in [1.807, 2.05) is 51.1 Å². The van der Waals surface area contributed by atoms with E-state index < -0.39 is 40.2 Å². The molecule has 290 valence electrons. The van der Waals surface area contributed by atoms with Crippen LogP contribution in [0.15, 0.2) is 53.4 Å². The van der Waals surface area contributed by atoms with E-state index in [-0.39, 0.29) is 42.8 Å². The zero-order chi connectivity index (χ0) is 37.2. The number of likely N-dealkylation sites (tertiary alicyclic amines) is 1. The van der Waals surface area contributed by atoms with E-state index in [1.165, 1.54) is 41.3 Å². The summed E-state index contributed by atoms with van der Waals surface area (Å²) in [5, 5.41) is 19.0. The number of hydrogen-bond donors (Lipinski definition) is 3. The number of piperidine rings is 1. The number of aliphatic hydroxyl groups excluding tert-OH is 1. The van der Waals surface area contributed by atoms with Crippen LogP contribution in [0.25, 0.3) is 10.2 Å². The van der Waals surface area contributed by atoms with Gasteiger partial charge in [-0.25, -0.2) is 18.2 Å². The molecule has 3 saturated heterocycles. The number of nitrogens with one attached hydrogen (secondary N) is 2. The number of fused-ring (bicyclic) bond motifs is 2. The molecule has 4 fully saturated rings. The number of carbonyl (C=O) groups is 1. The summed E-state index contributed by atoms with van der Waals surface area (Å²) in [5.74, 6) is -0.873. The van der Waals surface area contributed by atoms with Crippen LogP contribution in [0.5, 0.6) is 0 Å². The van der Waals surface area contributed by atoms with Crippen LogP contribution in [0.1, 0.15) is 71.3 Å². The lowest BCUT2D eigenvalue weighted by atomic mass is 9.96. The lowest BCUT2D eigenvalue weighted by Gasteiger charge is -2.36. The van der Waals surface area contributed by atoms with Crippen molar-refractivity contribution in [2.75, 3.05) is 44.7 Å². The second-order valence-electron chi connectivity index (χ2n) is 15.8. The summed E-state index contributed by atoms with van der Waals surface area (Å²) >= 11 is 1.47. The molecule has 0 bridgehead atoms. The second-order valence-corrected chi connectivity index (χ2v) is 18.7. The quantitative estimate of drug-likeness (QED) is 0.189. The van der Waals surface area contributed by atoms with Gasteiger partial charge in [0.1, 0.15) is 6.10 Å². The summed E-state index contributed by atoms with van der Waals surface area (Å²) in [4.78, 5) is 20.9. The van der Waals surface area contributed by atoms with E-state index in [0.717, 1.165) is 59.3 Å². The molecule has 2 aromatic carbocycles. The first-order valence-electron chi connectivity index (χ1n) is 19.4. The smallest absolute Gasteiger partial charge is 0.407 e. The molecule has 0 radical (unpaired) electrons. The number of ether oxygens (including phenoxy) is 3. The van der Waals surface area contributed by atoms with E-state index in [2.05, 4.69) is 15.5 Å². The summed E-state index contributed by atoms with van der Waals surface area (Å²) < 4.78 is 48.1. The van der Waals surface area contributed by atoms with E-state index in [1.54, 1.807) is 18.2 Å². The molecule has 3 aliphatic heterocycles.